The predicted octanol–water partition coefficient (Wildman–Crippen LogP) is 3.62. The lowest BCUT2D eigenvalue weighted by atomic mass is 9.98. The number of hydrogen-bond acceptors (Lipinski definition) is 3. The second kappa shape index (κ2) is 7.09. The van der Waals surface area contributed by atoms with Crippen LogP contribution >= 0.6 is 0 Å². The molecule has 0 aromatic heterocycles. The zero-order chi connectivity index (χ0) is 15.2. The Bertz CT molecular complexity index is 614. The van der Waals surface area contributed by atoms with Crippen LogP contribution in [0.3, 0.4) is 0 Å². The lowest BCUT2D eigenvalue weighted by Crippen LogP contribution is -2.12. The Kier molecular flexibility index (Phi) is 5.17. The van der Waals surface area contributed by atoms with Crippen LogP contribution in [0.2, 0.25) is 0 Å². The van der Waals surface area contributed by atoms with Gasteiger partial charge in [0, 0.05) is 12.1 Å². The third-order valence-corrected chi connectivity index (χ3v) is 3.35. The second-order valence-corrected chi connectivity index (χ2v) is 4.63. The lowest BCUT2D eigenvalue weighted by Gasteiger charge is -2.14. The van der Waals surface area contributed by atoms with Crippen LogP contribution in [0.25, 0.3) is 11.1 Å². The van der Waals surface area contributed by atoms with Crippen molar-refractivity contribution in [2.75, 3.05) is 20.8 Å². The quantitative estimate of drug-likeness (QED) is 0.881. The summed E-state index contributed by atoms with van der Waals surface area (Å²) in [5.41, 5.74) is 2.36. The Labute approximate surface area is 124 Å². The molecular formula is C17H20FNO2. The monoisotopic (exact) mass is 289 g/mol. The van der Waals surface area contributed by atoms with E-state index >= 15 is 0 Å². The molecule has 0 aliphatic heterocycles. The standard InChI is InChI=1S/C17H20FNO2/c1-4-19-11-12-10-13(20-2)8-9-14(12)15-6-5-7-16(21-3)17(15)18/h5-10,19H,4,11H2,1-3H3. The Morgan fingerprint density at radius 3 is 2.52 bits per heavy atom. The molecule has 0 atom stereocenters. The smallest absolute Gasteiger partial charge is 0.172 e. The van der Waals surface area contributed by atoms with Gasteiger partial charge in [-0.25, -0.2) is 4.39 Å². The molecule has 0 amide bonds. The highest BCUT2D eigenvalue weighted by Gasteiger charge is 2.14. The predicted molar refractivity (Wildman–Crippen MR) is 82.3 cm³/mol. The molecule has 0 spiro atoms. The highest BCUT2D eigenvalue weighted by molar-refractivity contribution is 5.70. The normalized spacial score (nSPS) is 10.5. The molecule has 2 rings (SSSR count). The van der Waals surface area contributed by atoms with Crippen molar-refractivity contribution in [2.45, 2.75) is 13.5 Å². The molecule has 2 aromatic carbocycles. The summed E-state index contributed by atoms with van der Waals surface area (Å²) in [6, 6.07) is 10.8. The van der Waals surface area contributed by atoms with Gasteiger partial charge in [0.05, 0.1) is 14.2 Å². The van der Waals surface area contributed by atoms with Crippen LogP contribution in [-0.4, -0.2) is 20.8 Å². The minimum atomic E-state index is -0.345. The second-order valence-electron chi connectivity index (χ2n) is 4.63. The molecule has 0 heterocycles. The molecule has 4 heteroatoms. The third kappa shape index (κ3) is 3.34. The van der Waals surface area contributed by atoms with Gasteiger partial charge in [-0.2, -0.15) is 0 Å². The van der Waals surface area contributed by atoms with Crippen molar-refractivity contribution in [1.29, 1.82) is 0 Å². The fourth-order valence-electron chi connectivity index (χ4n) is 2.24. The number of hydrogen-bond donors (Lipinski definition) is 1. The van der Waals surface area contributed by atoms with Gasteiger partial charge >= 0.3 is 0 Å². The fraction of sp³-hybridized carbons (Fsp3) is 0.294. The average molecular weight is 289 g/mol. The molecule has 112 valence electrons. The van der Waals surface area contributed by atoms with Crippen molar-refractivity contribution < 1.29 is 13.9 Å². The van der Waals surface area contributed by atoms with Crippen molar-refractivity contribution in [1.82, 2.24) is 5.32 Å². The summed E-state index contributed by atoms with van der Waals surface area (Å²) < 4.78 is 24.8. The number of halogens is 1. The highest BCUT2D eigenvalue weighted by Crippen LogP contribution is 2.33. The van der Waals surface area contributed by atoms with Crippen molar-refractivity contribution in [2.24, 2.45) is 0 Å². The zero-order valence-electron chi connectivity index (χ0n) is 12.6. The van der Waals surface area contributed by atoms with E-state index in [1.165, 1.54) is 7.11 Å². The molecule has 21 heavy (non-hydrogen) atoms. The number of nitrogens with one attached hydrogen (secondary N) is 1. The average Bonchev–Trinajstić information content (AvgIpc) is 2.53. The van der Waals surface area contributed by atoms with E-state index < -0.39 is 0 Å². The minimum absolute atomic E-state index is 0.248. The topological polar surface area (TPSA) is 30.5 Å². The molecule has 2 aromatic rings. The van der Waals surface area contributed by atoms with E-state index in [-0.39, 0.29) is 11.6 Å². The number of rotatable bonds is 6. The number of ether oxygens (including phenoxy) is 2. The van der Waals surface area contributed by atoms with Crippen molar-refractivity contribution >= 4 is 0 Å². The van der Waals surface area contributed by atoms with E-state index in [2.05, 4.69) is 5.32 Å². The van der Waals surface area contributed by atoms with Crippen LogP contribution in [0.4, 0.5) is 4.39 Å². The fourth-order valence-corrected chi connectivity index (χ4v) is 2.24. The molecule has 0 unspecified atom stereocenters. The molecule has 0 fully saturated rings. The van der Waals surface area contributed by atoms with E-state index in [0.717, 1.165) is 23.4 Å². The van der Waals surface area contributed by atoms with E-state index in [4.69, 9.17) is 9.47 Å². The van der Waals surface area contributed by atoms with Crippen LogP contribution in [0, 0.1) is 5.82 Å². The van der Waals surface area contributed by atoms with Crippen molar-refractivity contribution in [3.8, 4) is 22.6 Å². The molecule has 0 saturated heterocycles. The van der Waals surface area contributed by atoms with Gasteiger partial charge < -0.3 is 14.8 Å². The molecule has 0 radical (unpaired) electrons. The molecular weight excluding hydrogens is 269 g/mol. The van der Waals surface area contributed by atoms with Crippen LogP contribution in [0.5, 0.6) is 11.5 Å². The van der Waals surface area contributed by atoms with E-state index in [0.29, 0.717) is 12.1 Å². The molecule has 3 nitrogen and oxygen atoms in total. The van der Waals surface area contributed by atoms with E-state index in [1.807, 2.05) is 25.1 Å². The molecule has 0 bridgehead atoms. The Hall–Kier alpha value is -2.07. The number of benzene rings is 2. The van der Waals surface area contributed by atoms with Gasteiger partial charge in [-0.05, 0) is 35.9 Å². The summed E-state index contributed by atoms with van der Waals surface area (Å²) in [5.74, 6) is 0.663. The summed E-state index contributed by atoms with van der Waals surface area (Å²) in [6.45, 7) is 3.53. The third-order valence-electron chi connectivity index (χ3n) is 3.35. The first-order valence-electron chi connectivity index (χ1n) is 6.91. The van der Waals surface area contributed by atoms with Gasteiger partial charge in [-0.15, -0.1) is 0 Å². The van der Waals surface area contributed by atoms with Crippen molar-refractivity contribution in [3.63, 3.8) is 0 Å². The maximum absolute atomic E-state index is 14.5. The maximum atomic E-state index is 14.5. The first-order chi connectivity index (χ1) is 10.2. The summed E-state index contributed by atoms with van der Waals surface area (Å²) in [4.78, 5) is 0. The molecule has 0 aliphatic carbocycles. The largest absolute Gasteiger partial charge is 0.497 e. The lowest BCUT2D eigenvalue weighted by molar-refractivity contribution is 0.387. The summed E-state index contributed by atoms with van der Waals surface area (Å²) in [5, 5.41) is 3.26. The zero-order valence-corrected chi connectivity index (χ0v) is 12.6. The van der Waals surface area contributed by atoms with Crippen molar-refractivity contribution in [3.05, 3.63) is 47.8 Å². The summed E-state index contributed by atoms with van der Waals surface area (Å²) in [6.07, 6.45) is 0. The summed E-state index contributed by atoms with van der Waals surface area (Å²) >= 11 is 0. The van der Waals surface area contributed by atoms with Crippen LogP contribution < -0.4 is 14.8 Å². The van der Waals surface area contributed by atoms with Gasteiger partial charge in [-0.1, -0.05) is 25.1 Å². The molecule has 0 saturated carbocycles. The SMILES string of the molecule is CCNCc1cc(OC)ccc1-c1cccc(OC)c1F. The van der Waals surface area contributed by atoms with Crippen LogP contribution in [0.1, 0.15) is 12.5 Å². The Morgan fingerprint density at radius 2 is 1.86 bits per heavy atom. The van der Waals surface area contributed by atoms with E-state index in [9.17, 15) is 4.39 Å². The highest BCUT2D eigenvalue weighted by atomic mass is 19.1. The van der Waals surface area contributed by atoms with Crippen LogP contribution in [-0.2, 0) is 6.54 Å². The summed E-state index contributed by atoms with van der Waals surface area (Å²) in [7, 11) is 3.09. The molecule has 1 N–H and O–H groups in total. The van der Waals surface area contributed by atoms with E-state index in [1.54, 1.807) is 25.3 Å². The van der Waals surface area contributed by atoms with Gasteiger partial charge in [0.2, 0.25) is 0 Å². The Balaban J connectivity index is 2.52. The molecule has 0 aliphatic rings. The van der Waals surface area contributed by atoms with Gasteiger partial charge in [-0.3, -0.25) is 0 Å². The first kappa shape index (κ1) is 15.3. The van der Waals surface area contributed by atoms with Gasteiger partial charge in [0.1, 0.15) is 5.75 Å². The Morgan fingerprint density at radius 1 is 1.05 bits per heavy atom. The van der Waals surface area contributed by atoms with Crippen LogP contribution in [0.15, 0.2) is 36.4 Å². The number of methoxy groups -OCH3 is 2. The van der Waals surface area contributed by atoms with Gasteiger partial charge in [0.15, 0.2) is 11.6 Å². The first-order valence-corrected chi connectivity index (χ1v) is 6.91. The maximum Gasteiger partial charge on any atom is 0.172 e. The minimum Gasteiger partial charge on any atom is -0.497 e. The van der Waals surface area contributed by atoms with Gasteiger partial charge in [0.25, 0.3) is 0 Å².